The fourth-order valence-corrected chi connectivity index (χ4v) is 4.61. The van der Waals surface area contributed by atoms with Crippen LogP contribution in [0.1, 0.15) is 38.1 Å². The van der Waals surface area contributed by atoms with E-state index in [0.717, 1.165) is 46.1 Å². The van der Waals surface area contributed by atoms with Crippen LogP contribution in [0, 0.1) is 12.8 Å². The number of carbonyl (C=O) groups excluding carboxylic acids is 1. The minimum Gasteiger partial charge on any atom is -0.324 e. The van der Waals surface area contributed by atoms with Gasteiger partial charge in [-0.05, 0) is 58.2 Å². The molecule has 3 aromatic heterocycles. The lowest BCUT2D eigenvalue weighted by molar-refractivity contribution is -0.121. The van der Waals surface area contributed by atoms with Gasteiger partial charge in [-0.3, -0.25) is 10.1 Å². The predicted molar refractivity (Wildman–Crippen MR) is 129 cm³/mol. The zero-order chi connectivity index (χ0) is 23.4. The third-order valence-corrected chi connectivity index (χ3v) is 6.86. The molecule has 2 aliphatic rings. The summed E-state index contributed by atoms with van der Waals surface area (Å²) in [6, 6.07) is 5.98. The minimum absolute atomic E-state index is 0.0231. The Bertz CT molecular complexity index is 1420. The smallest absolute Gasteiger partial charge is 0.249 e. The highest BCUT2D eigenvalue weighted by Gasteiger charge is 2.43. The lowest BCUT2D eigenvalue weighted by atomic mass is 9.91. The first-order valence-electron chi connectivity index (χ1n) is 11.7. The first-order chi connectivity index (χ1) is 16.5. The molecule has 9 heteroatoms. The van der Waals surface area contributed by atoms with Gasteiger partial charge in [-0.2, -0.15) is 0 Å². The maximum absolute atomic E-state index is 12.9. The van der Waals surface area contributed by atoms with Crippen LogP contribution in [0.25, 0.3) is 33.8 Å². The van der Waals surface area contributed by atoms with E-state index in [4.69, 9.17) is 4.98 Å². The van der Waals surface area contributed by atoms with Crippen molar-refractivity contribution in [2.45, 2.75) is 45.7 Å². The molecule has 4 aromatic rings. The van der Waals surface area contributed by atoms with Crippen molar-refractivity contribution in [3.05, 3.63) is 48.3 Å². The number of fused-ring (bicyclic) bond motifs is 2. The standard InChI is InChI=1S/C25H26N8O/c1-4-33-22(17-11-26-14(2)27-12-17)32-21-20(28-13-29-23(21)33)16-7-8-19-18(9-16)25(3,24(34)31-19)30-10-15-5-6-15/h7-9,11-13,15,30H,4-6,10H2,1-3H3,(H,31,34)/t25-/m0/s1. The number of rotatable bonds is 6. The van der Waals surface area contributed by atoms with Crippen molar-refractivity contribution in [2.75, 3.05) is 11.9 Å². The molecule has 0 spiro atoms. The topological polar surface area (TPSA) is 111 Å². The van der Waals surface area contributed by atoms with E-state index in [1.807, 2.05) is 30.5 Å². The summed E-state index contributed by atoms with van der Waals surface area (Å²) in [4.78, 5) is 35.6. The molecule has 0 saturated heterocycles. The summed E-state index contributed by atoms with van der Waals surface area (Å²) < 4.78 is 2.05. The number of aryl methyl sites for hydroxylation is 2. The highest BCUT2D eigenvalue weighted by molar-refractivity contribution is 6.06. The van der Waals surface area contributed by atoms with Crippen LogP contribution in [-0.2, 0) is 16.9 Å². The molecule has 0 unspecified atom stereocenters. The summed E-state index contributed by atoms with van der Waals surface area (Å²) in [6.45, 7) is 7.41. The summed E-state index contributed by atoms with van der Waals surface area (Å²) >= 11 is 0. The fraction of sp³-hybridized carbons (Fsp3) is 0.360. The Morgan fingerprint density at radius 2 is 1.94 bits per heavy atom. The molecule has 1 aromatic carbocycles. The molecule has 1 atom stereocenters. The fourth-order valence-electron chi connectivity index (χ4n) is 4.61. The van der Waals surface area contributed by atoms with Crippen molar-refractivity contribution in [2.24, 2.45) is 5.92 Å². The SMILES string of the molecule is CCn1c(-c2cnc(C)nc2)nc2c(-c3ccc4c(c3)[C@](C)(NCC3CC3)C(=O)N4)ncnc21. The molecule has 172 valence electrons. The van der Waals surface area contributed by atoms with Crippen LogP contribution in [0.15, 0.2) is 36.9 Å². The van der Waals surface area contributed by atoms with Gasteiger partial charge in [0.25, 0.3) is 0 Å². The van der Waals surface area contributed by atoms with Crippen LogP contribution < -0.4 is 10.6 Å². The zero-order valence-corrected chi connectivity index (χ0v) is 19.5. The van der Waals surface area contributed by atoms with Crippen LogP contribution in [-0.4, -0.2) is 41.9 Å². The van der Waals surface area contributed by atoms with Crippen molar-refractivity contribution in [1.29, 1.82) is 0 Å². The molecule has 4 heterocycles. The van der Waals surface area contributed by atoms with Gasteiger partial charge in [0.05, 0.1) is 5.56 Å². The number of anilines is 1. The normalized spacial score (nSPS) is 19.4. The van der Waals surface area contributed by atoms with Crippen molar-refractivity contribution in [3.63, 3.8) is 0 Å². The number of nitrogens with one attached hydrogen (secondary N) is 2. The quantitative estimate of drug-likeness (QED) is 0.459. The van der Waals surface area contributed by atoms with Crippen LogP contribution in [0.2, 0.25) is 0 Å². The van der Waals surface area contributed by atoms with Crippen LogP contribution in [0.5, 0.6) is 0 Å². The second-order valence-electron chi connectivity index (χ2n) is 9.26. The van der Waals surface area contributed by atoms with Crippen molar-refractivity contribution < 1.29 is 4.79 Å². The lowest BCUT2D eigenvalue weighted by Crippen LogP contribution is -2.46. The summed E-state index contributed by atoms with van der Waals surface area (Å²) in [7, 11) is 0. The Labute approximate surface area is 197 Å². The molecule has 34 heavy (non-hydrogen) atoms. The Balaban J connectivity index is 1.47. The van der Waals surface area contributed by atoms with E-state index in [2.05, 4.69) is 43.6 Å². The third kappa shape index (κ3) is 3.27. The molecule has 1 amide bonds. The predicted octanol–water partition coefficient (Wildman–Crippen LogP) is 3.45. The molecule has 0 bridgehead atoms. The molecule has 0 radical (unpaired) electrons. The van der Waals surface area contributed by atoms with Crippen molar-refractivity contribution in [1.82, 2.24) is 34.8 Å². The highest BCUT2D eigenvalue weighted by Crippen LogP contribution is 2.40. The molecule has 6 rings (SSSR count). The van der Waals surface area contributed by atoms with E-state index < -0.39 is 5.54 Å². The van der Waals surface area contributed by atoms with Crippen molar-refractivity contribution in [3.8, 4) is 22.6 Å². The second kappa shape index (κ2) is 7.66. The second-order valence-corrected chi connectivity index (χ2v) is 9.26. The molecule has 9 nitrogen and oxygen atoms in total. The third-order valence-electron chi connectivity index (χ3n) is 6.86. The van der Waals surface area contributed by atoms with Gasteiger partial charge in [0.2, 0.25) is 5.91 Å². The van der Waals surface area contributed by atoms with E-state index in [0.29, 0.717) is 23.8 Å². The molecule has 1 aliphatic heterocycles. The molecular formula is C25H26N8O. The average Bonchev–Trinajstić information content (AvgIpc) is 3.55. The Morgan fingerprint density at radius 1 is 1.15 bits per heavy atom. The van der Waals surface area contributed by atoms with Gasteiger partial charge in [-0.25, -0.2) is 24.9 Å². The first kappa shape index (κ1) is 20.9. The summed E-state index contributed by atoms with van der Waals surface area (Å²) in [5.74, 6) is 2.11. The summed E-state index contributed by atoms with van der Waals surface area (Å²) in [6.07, 6.45) is 7.59. The Morgan fingerprint density at radius 3 is 2.68 bits per heavy atom. The van der Waals surface area contributed by atoms with Crippen LogP contribution in [0.4, 0.5) is 5.69 Å². The number of aromatic nitrogens is 6. The molecule has 1 fully saturated rings. The first-order valence-corrected chi connectivity index (χ1v) is 11.7. The van der Waals surface area contributed by atoms with Gasteiger partial charge >= 0.3 is 0 Å². The monoisotopic (exact) mass is 454 g/mol. The highest BCUT2D eigenvalue weighted by atomic mass is 16.2. The number of hydrogen-bond acceptors (Lipinski definition) is 7. The number of benzene rings is 1. The van der Waals surface area contributed by atoms with E-state index in [1.54, 1.807) is 18.7 Å². The number of nitrogens with zero attached hydrogens (tertiary/aromatic N) is 6. The van der Waals surface area contributed by atoms with E-state index >= 15 is 0 Å². The minimum atomic E-state index is -0.771. The number of carbonyl (C=O) groups is 1. The molecule has 2 N–H and O–H groups in total. The van der Waals surface area contributed by atoms with E-state index in [9.17, 15) is 4.79 Å². The summed E-state index contributed by atoms with van der Waals surface area (Å²) in [5, 5.41) is 6.54. The number of imidazole rings is 1. The van der Waals surface area contributed by atoms with E-state index in [-0.39, 0.29) is 5.91 Å². The number of amides is 1. The lowest BCUT2D eigenvalue weighted by Gasteiger charge is -2.24. The van der Waals surface area contributed by atoms with Gasteiger partial charge in [-0.15, -0.1) is 0 Å². The van der Waals surface area contributed by atoms with Gasteiger partial charge in [0, 0.05) is 35.8 Å². The summed E-state index contributed by atoms with van der Waals surface area (Å²) in [5.41, 5.74) is 4.93. The van der Waals surface area contributed by atoms with Gasteiger partial charge in [0.15, 0.2) is 5.65 Å². The van der Waals surface area contributed by atoms with Gasteiger partial charge in [0.1, 0.15) is 34.7 Å². The maximum Gasteiger partial charge on any atom is 0.249 e. The van der Waals surface area contributed by atoms with Gasteiger partial charge in [-0.1, -0.05) is 6.07 Å². The Kier molecular flexibility index (Phi) is 4.70. The van der Waals surface area contributed by atoms with Crippen LogP contribution >= 0.6 is 0 Å². The zero-order valence-electron chi connectivity index (χ0n) is 19.5. The van der Waals surface area contributed by atoms with Crippen molar-refractivity contribution >= 4 is 22.8 Å². The number of hydrogen-bond donors (Lipinski definition) is 2. The average molecular weight is 455 g/mol. The van der Waals surface area contributed by atoms with Gasteiger partial charge < -0.3 is 9.88 Å². The van der Waals surface area contributed by atoms with Crippen LogP contribution in [0.3, 0.4) is 0 Å². The molecular weight excluding hydrogens is 428 g/mol. The maximum atomic E-state index is 12.9. The molecule has 1 saturated carbocycles. The Hall–Kier alpha value is -3.72. The molecule has 1 aliphatic carbocycles. The van der Waals surface area contributed by atoms with E-state index in [1.165, 1.54) is 12.8 Å². The largest absolute Gasteiger partial charge is 0.324 e.